The van der Waals surface area contributed by atoms with Crippen molar-refractivity contribution in [3.8, 4) is 0 Å². The Morgan fingerprint density at radius 1 is 1.13 bits per heavy atom. The van der Waals surface area contributed by atoms with Crippen LogP contribution in [-0.2, 0) is 11.3 Å². The highest BCUT2D eigenvalue weighted by atomic mass is 16.2. The molecule has 124 valence electrons. The number of nitrogens with zero attached hydrogens (tertiary/aromatic N) is 1. The van der Waals surface area contributed by atoms with Crippen molar-refractivity contribution in [2.75, 3.05) is 11.9 Å². The Morgan fingerprint density at radius 3 is 2.35 bits per heavy atom. The highest BCUT2D eigenvalue weighted by Gasteiger charge is 2.30. The van der Waals surface area contributed by atoms with Gasteiger partial charge in [-0.15, -0.1) is 0 Å². The zero-order chi connectivity index (χ0) is 16.2. The third-order valence-electron chi connectivity index (χ3n) is 4.73. The van der Waals surface area contributed by atoms with Gasteiger partial charge in [-0.3, -0.25) is 4.79 Å². The van der Waals surface area contributed by atoms with Crippen LogP contribution in [0.5, 0.6) is 0 Å². The fraction of sp³-hybridized carbons (Fsp3) is 0.556. The molecule has 0 bridgehead atoms. The highest BCUT2D eigenvalue weighted by Crippen LogP contribution is 2.28. The van der Waals surface area contributed by atoms with Crippen LogP contribution in [0.1, 0.15) is 44.6 Å². The molecule has 0 aliphatic heterocycles. The first-order valence-electron chi connectivity index (χ1n) is 8.53. The third-order valence-corrected chi connectivity index (χ3v) is 4.73. The van der Waals surface area contributed by atoms with Crippen molar-refractivity contribution in [1.29, 1.82) is 0 Å². The van der Waals surface area contributed by atoms with E-state index in [2.05, 4.69) is 10.6 Å². The van der Waals surface area contributed by atoms with E-state index in [-0.39, 0.29) is 11.9 Å². The zero-order valence-corrected chi connectivity index (χ0v) is 13.7. The first-order valence-corrected chi connectivity index (χ1v) is 8.53. The standard InChI is InChI=1S/C18H25N3O2/c1-13(22)21(17-9-10-17)12-15-5-7-16(8-6-15)20-18(23)19-11-14-3-2-4-14/h5-8,14,17H,2-4,9-12H2,1H3,(H2,19,20,23). The van der Waals surface area contributed by atoms with E-state index in [0.29, 0.717) is 18.5 Å². The maximum atomic E-state index is 11.8. The maximum Gasteiger partial charge on any atom is 0.319 e. The number of hydrogen-bond acceptors (Lipinski definition) is 2. The third kappa shape index (κ3) is 4.47. The minimum Gasteiger partial charge on any atom is -0.338 e. The lowest BCUT2D eigenvalue weighted by molar-refractivity contribution is -0.130. The first-order chi connectivity index (χ1) is 11.1. The Labute approximate surface area is 137 Å². The second kappa shape index (κ2) is 7.02. The summed E-state index contributed by atoms with van der Waals surface area (Å²) in [7, 11) is 0. The van der Waals surface area contributed by atoms with E-state index in [1.165, 1.54) is 19.3 Å². The summed E-state index contributed by atoms with van der Waals surface area (Å²) in [6.07, 6.45) is 5.96. The summed E-state index contributed by atoms with van der Waals surface area (Å²) in [5, 5.41) is 5.77. The summed E-state index contributed by atoms with van der Waals surface area (Å²) in [6, 6.07) is 8.00. The molecule has 0 radical (unpaired) electrons. The number of carbonyl (C=O) groups is 2. The summed E-state index contributed by atoms with van der Waals surface area (Å²) in [5.74, 6) is 0.785. The van der Waals surface area contributed by atoms with Crippen LogP contribution in [0, 0.1) is 5.92 Å². The molecule has 2 saturated carbocycles. The van der Waals surface area contributed by atoms with Gasteiger partial charge in [-0.05, 0) is 49.3 Å². The monoisotopic (exact) mass is 315 g/mol. The molecular formula is C18H25N3O2. The topological polar surface area (TPSA) is 61.4 Å². The van der Waals surface area contributed by atoms with Crippen LogP contribution in [0.3, 0.4) is 0 Å². The zero-order valence-electron chi connectivity index (χ0n) is 13.7. The normalized spacial score (nSPS) is 17.3. The quantitative estimate of drug-likeness (QED) is 0.847. The van der Waals surface area contributed by atoms with Crippen molar-refractivity contribution in [1.82, 2.24) is 10.2 Å². The second-order valence-electron chi connectivity index (χ2n) is 6.71. The molecule has 0 unspecified atom stereocenters. The molecule has 0 atom stereocenters. The molecule has 3 rings (SSSR count). The Morgan fingerprint density at radius 2 is 1.83 bits per heavy atom. The van der Waals surface area contributed by atoms with Crippen molar-refractivity contribution in [3.63, 3.8) is 0 Å². The van der Waals surface area contributed by atoms with E-state index < -0.39 is 0 Å². The molecule has 2 fully saturated rings. The van der Waals surface area contributed by atoms with Crippen LogP contribution in [0.15, 0.2) is 24.3 Å². The molecule has 0 saturated heterocycles. The van der Waals surface area contributed by atoms with E-state index in [1.807, 2.05) is 29.2 Å². The summed E-state index contributed by atoms with van der Waals surface area (Å²) in [5.41, 5.74) is 1.87. The Kier molecular flexibility index (Phi) is 4.84. The summed E-state index contributed by atoms with van der Waals surface area (Å²) >= 11 is 0. The predicted molar refractivity (Wildman–Crippen MR) is 90.1 cm³/mol. The number of urea groups is 1. The van der Waals surface area contributed by atoms with Gasteiger partial charge in [-0.2, -0.15) is 0 Å². The Balaban J connectivity index is 1.47. The number of benzene rings is 1. The smallest absolute Gasteiger partial charge is 0.319 e. The Hall–Kier alpha value is -2.04. The van der Waals surface area contributed by atoms with Gasteiger partial charge in [0.1, 0.15) is 0 Å². The average Bonchev–Trinajstić information content (AvgIpc) is 3.29. The largest absolute Gasteiger partial charge is 0.338 e. The molecule has 23 heavy (non-hydrogen) atoms. The van der Waals surface area contributed by atoms with E-state index in [1.54, 1.807) is 6.92 Å². The second-order valence-corrected chi connectivity index (χ2v) is 6.71. The average molecular weight is 315 g/mol. The van der Waals surface area contributed by atoms with Crippen molar-refractivity contribution in [3.05, 3.63) is 29.8 Å². The molecule has 5 nitrogen and oxygen atoms in total. The van der Waals surface area contributed by atoms with Gasteiger partial charge in [-0.25, -0.2) is 4.79 Å². The van der Waals surface area contributed by atoms with Gasteiger partial charge in [0.25, 0.3) is 0 Å². The van der Waals surface area contributed by atoms with Crippen molar-refractivity contribution < 1.29 is 9.59 Å². The predicted octanol–water partition coefficient (Wildman–Crippen LogP) is 3.12. The molecule has 0 heterocycles. The van der Waals surface area contributed by atoms with Crippen LogP contribution < -0.4 is 10.6 Å². The SMILES string of the molecule is CC(=O)N(Cc1ccc(NC(=O)NCC2CCC2)cc1)C1CC1. The molecule has 0 spiro atoms. The van der Waals surface area contributed by atoms with Crippen molar-refractivity contribution >= 4 is 17.6 Å². The molecule has 2 N–H and O–H groups in total. The highest BCUT2D eigenvalue weighted by molar-refractivity contribution is 5.89. The van der Waals surface area contributed by atoms with E-state index in [4.69, 9.17) is 0 Å². The van der Waals surface area contributed by atoms with Gasteiger partial charge < -0.3 is 15.5 Å². The summed E-state index contributed by atoms with van der Waals surface area (Å²) in [6.45, 7) is 3.04. The van der Waals surface area contributed by atoms with E-state index in [0.717, 1.165) is 30.6 Å². The van der Waals surface area contributed by atoms with Crippen LogP contribution in [-0.4, -0.2) is 29.4 Å². The lowest BCUT2D eigenvalue weighted by Crippen LogP contribution is -2.35. The van der Waals surface area contributed by atoms with Crippen LogP contribution in [0.25, 0.3) is 0 Å². The molecule has 2 aliphatic rings. The van der Waals surface area contributed by atoms with Gasteiger partial charge in [-0.1, -0.05) is 18.6 Å². The molecular weight excluding hydrogens is 290 g/mol. The number of nitrogens with one attached hydrogen (secondary N) is 2. The fourth-order valence-electron chi connectivity index (χ4n) is 2.88. The molecule has 3 amide bonds. The van der Waals surface area contributed by atoms with E-state index in [9.17, 15) is 9.59 Å². The van der Waals surface area contributed by atoms with Gasteiger partial charge in [0.15, 0.2) is 0 Å². The van der Waals surface area contributed by atoms with Gasteiger partial charge in [0.05, 0.1) is 0 Å². The maximum absolute atomic E-state index is 11.8. The van der Waals surface area contributed by atoms with E-state index >= 15 is 0 Å². The molecule has 5 heteroatoms. The summed E-state index contributed by atoms with van der Waals surface area (Å²) in [4.78, 5) is 25.4. The molecule has 1 aromatic carbocycles. The molecule has 0 aromatic heterocycles. The first kappa shape index (κ1) is 15.8. The van der Waals surface area contributed by atoms with Gasteiger partial charge >= 0.3 is 6.03 Å². The van der Waals surface area contributed by atoms with Gasteiger partial charge in [0, 0.05) is 31.7 Å². The number of anilines is 1. The number of amides is 3. The van der Waals surface area contributed by atoms with Gasteiger partial charge in [0.2, 0.25) is 5.91 Å². The van der Waals surface area contributed by atoms with Crippen molar-refractivity contribution in [2.45, 2.75) is 51.6 Å². The minimum absolute atomic E-state index is 0.130. The van der Waals surface area contributed by atoms with Crippen LogP contribution in [0.2, 0.25) is 0 Å². The molecule has 1 aromatic rings. The van der Waals surface area contributed by atoms with Crippen LogP contribution in [0.4, 0.5) is 10.5 Å². The molecule has 2 aliphatic carbocycles. The number of hydrogen-bond donors (Lipinski definition) is 2. The number of carbonyl (C=O) groups excluding carboxylic acids is 2. The number of rotatable bonds is 6. The Bertz CT molecular complexity index is 562. The van der Waals surface area contributed by atoms with Crippen LogP contribution >= 0.6 is 0 Å². The fourth-order valence-corrected chi connectivity index (χ4v) is 2.88. The lowest BCUT2D eigenvalue weighted by atomic mass is 9.85. The lowest BCUT2D eigenvalue weighted by Gasteiger charge is -2.25. The van der Waals surface area contributed by atoms with Crippen molar-refractivity contribution in [2.24, 2.45) is 5.92 Å². The summed E-state index contributed by atoms with van der Waals surface area (Å²) < 4.78 is 0. The minimum atomic E-state index is -0.145.